The van der Waals surface area contributed by atoms with Crippen molar-refractivity contribution >= 4 is 63.2 Å². The molecule has 2 aromatic rings. The molecule has 31 heavy (non-hydrogen) atoms. The Morgan fingerprint density at radius 3 is 2.35 bits per heavy atom. The molecule has 9 heteroatoms. The van der Waals surface area contributed by atoms with Gasteiger partial charge < -0.3 is 10.2 Å². The molecular formula is C22H17Cl4FO4. The molecule has 0 saturated carbocycles. The maximum absolute atomic E-state index is 13.1. The van der Waals surface area contributed by atoms with Gasteiger partial charge in [0, 0.05) is 21.1 Å². The SMILES string of the molecule is O=C(Cl)C=C1CCc2c(Cl)cc(F)cc21.O=C(O)CC1(O)CCc2c(Cl)cc(Cl)cc21. The molecule has 0 fully saturated rings. The van der Waals surface area contributed by atoms with Gasteiger partial charge in [-0.15, -0.1) is 0 Å². The molecule has 4 rings (SSSR count). The summed E-state index contributed by atoms with van der Waals surface area (Å²) in [5.74, 6) is -1.43. The van der Waals surface area contributed by atoms with Crippen LogP contribution >= 0.6 is 46.4 Å². The van der Waals surface area contributed by atoms with Crippen LogP contribution in [0.5, 0.6) is 0 Å². The van der Waals surface area contributed by atoms with Gasteiger partial charge in [-0.05, 0) is 89.4 Å². The maximum atomic E-state index is 13.1. The van der Waals surface area contributed by atoms with Crippen molar-refractivity contribution < 1.29 is 24.2 Å². The highest BCUT2D eigenvalue weighted by atomic mass is 35.5. The highest BCUT2D eigenvalue weighted by molar-refractivity contribution is 6.67. The predicted molar refractivity (Wildman–Crippen MR) is 120 cm³/mol. The molecule has 1 atom stereocenters. The normalized spacial score (nSPS) is 20.1. The Hall–Kier alpha value is -1.63. The lowest BCUT2D eigenvalue weighted by atomic mass is 9.92. The van der Waals surface area contributed by atoms with Crippen molar-refractivity contribution in [3.05, 3.63) is 73.5 Å². The fourth-order valence-corrected chi connectivity index (χ4v) is 5.02. The standard InChI is InChI=1S/C11H7Cl2FO.C11H10Cl2O3/c12-10-5-7(14)4-9-6(3-11(13)15)1-2-8(9)10;12-6-3-8-7(9(13)4-6)1-2-11(8,16)5-10(14)15/h3-5H,1-2H2;3-4,16H,1-2,5H2,(H,14,15). The Balaban J connectivity index is 0.000000176. The van der Waals surface area contributed by atoms with Crippen molar-refractivity contribution in [3.8, 4) is 0 Å². The van der Waals surface area contributed by atoms with Crippen molar-refractivity contribution in [3.63, 3.8) is 0 Å². The van der Waals surface area contributed by atoms with E-state index in [4.69, 9.17) is 51.5 Å². The summed E-state index contributed by atoms with van der Waals surface area (Å²) in [7, 11) is 0. The highest BCUT2D eigenvalue weighted by Gasteiger charge is 2.39. The molecule has 0 spiro atoms. The van der Waals surface area contributed by atoms with Crippen LogP contribution in [0.4, 0.5) is 4.39 Å². The smallest absolute Gasteiger partial charge is 0.306 e. The third kappa shape index (κ3) is 5.41. The van der Waals surface area contributed by atoms with Gasteiger partial charge in [-0.25, -0.2) is 4.39 Å². The third-order valence-electron chi connectivity index (χ3n) is 5.33. The number of carboxylic acid groups (broad SMARTS) is 1. The average molecular weight is 506 g/mol. The molecule has 164 valence electrons. The summed E-state index contributed by atoms with van der Waals surface area (Å²) >= 11 is 23.0. The molecule has 0 radical (unpaired) electrons. The number of fused-ring (bicyclic) bond motifs is 2. The number of halogens is 5. The minimum atomic E-state index is -1.34. The van der Waals surface area contributed by atoms with Crippen molar-refractivity contribution in [1.29, 1.82) is 0 Å². The minimum Gasteiger partial charge on any atom is -0.481 e. The quantitative estimate of drug-likeness (QED) is 0.386. The van der Waals surface area contributed by atoms with E-state index in [-0.39, 0.29) is 6.42 Å². The van der Waals surface area contributed by atoms with E-state index < -0.39 is 22.6 Å². The zero-order valence-electron chi connectivity index (χ0n) is 16.0. The number of carbonyl (C=O) groups is 2. The molecule has 0 aliphatic heterocycles. The largest absolute Gasteiger partial charge is 0.481 e. The summed E-state index contributed by atoms with van der Waals surface area (Å²) in [6, 6.07) is 5.87. The lowest BCUT2D eigenvalue weighted by Gasteiger charge is -2.22. The van der Waals surface area contributed by atoms with Gasteiger partial charge in [-0.3, -0.25) is 9.59 Å². The first-order valence-corrected chi connectivity index (χ1v) is 10.8. The lowest BCUT2D eigenvalue weighted by Crippen LogP contribution is -2.26. The number of benzene rings is 2. The van der Waals surface area contributed by atoms with Crippen LogP contribution in [0.15, 0.2) is 30.3 Å². The maximum Gasteiger partial charge on any atom is 0.306 e. The van der Waals surface area contributed by atoms with Crippen LogP contribution in [0.1, 0.15) is 41.5 Å². The Bertz CT molecular complexity index is 1100. The molecule has 2 aromatic carbocycles. The summed E-state index contributed by atoms with van der Waals surface area (Å²) in [6.45, 7) is 0. The van der Waals surface area contributed by atoms with Crippen LogP contribution in [0.3, 0.4) is 0 Å². The monoisotopic (exact) mass is 504 g/mol. The number of carboxylic acids is 1. The summed E-state index contributed by atoms with van der Waals surface area (Å²) < 4.78 is 13.1. The van der Waals surface area contributed by atoms with E-state index in [1.165, 1.54) is 18.2 Å². The second-order valence-electron chi connectivity index (χ2n) is 7.40. The van der Waals surface area contributed by atoms with Crippen LogP contribution < -0.4 is 0 Å². The molecular weight excluding hydrogens is 489 g/mol. The van der Waals surface area contributed by atoms with Crippen LogP contribution in [0.25, 0.3) is 5.57 Å². The molecule has 0 amide bonds. The summed E-state index contributed by atoms with van der Waals surface area (Å²) in [5.41, 5.74) is 2.36. The first-order valence-electron chi connectivity index (χ1n) is 9.31. The first-order chi connectivity index (χ1) is 14.5. The van der Waals surface area contributed by atoms with E-state index in [0.717, 1.165) is 23.1 Å². The molecule has 0 saturated heterocycles. The number of allylic oxidation sites excluding steroid dienone is 2. The zero-order chi connectivity index (χ0) is 22.9. The molecule has 2 aliphatic rings. The molecule has 0 aromatic heterocycles. The van der Waals surface area contributed by atoms with Gasteiger partial charge in [-0.2, -0.15) is 0 Å². The van der Waals surface area contributed by atoms with E-state index in [2.05, 4.69) is 0 Å². The fraction of sp³-hybridized carbons (Fsp3) is 0.273. The lowest BCUT2D eigenvalue weighted by molar-refractivity contribution is -0.142. The molecule has 0 bridgehead atoms. The Morgan fingerprint density at radius 1 is 1.03 bits per heavy atom. The first kappa shape index (κ1) is 24.0. The molecule has 2 N–H and O–H groups in total. The fourth-order valence-electron chi connectivity index (χ4n) is 4.00. The number of hydrogen-bond acceptors (Lipinski definition) is 3. The van der Waals surface area contributed by atoms with Gasteiger partial charge in [-0.1, -0.05) is 34.8 Å². The summed E-state index contributed by atoms with van der Waals surface area (Å²) in [5, 5.41) is 19.8. The van der Waals surface area contributed by atoms with Crippen molar-refractivity contribution in [2.45, 2.75) is 37.7 Å². The second kappa shape index (κ2) is 9.47. The number of aliphatic carboxylic acids is 1. The van der Waals surface area contributed by atoms with Gasteiger partial charge in [0.25, 0.3) is 0 Å². The Labute approximate surface area is 198 Å². The molecule has 1 unspecified atom stereocenters. The Kier molecular flexibility index (Phi) is 7.34. The van der Waals surface area contributed by atoms with Gasteiger partial charge in [0.2, 0.25) is 5.24 Å². The Morgan fingerprint density at radius 2 is 1.71 bits per heavy atom. The minimum absolute atomic E-state index is 0.323. The number of rotatable bonds is 3. The number of hydrogen-bond donors (Lipinski definition) is 2. The molecule has 0 heterocycles. The molecule has 2 aliphatic carbocycles. The van der Waals surface area contributed by atoms with Gasteiger partial charge in [0.15, 0.2) is 0 Å². The van der Waals surface area contributed by atoms with Crippen molar-refractivity contribution in [2.24, 2.45) is 0 Å². The van der Waals surface area contributed by atoms with E-state index in [1.807, 2.05) is 0 Å². The van der Waals surface area contributed by atoms with E-state index >= 15 is 0 Å². The zero-order valence-corrected chi connectivity index (χ0v) is 19.0. The predicted octanol–water partition coefficient (Wildman–Crippen LogP) is 6.18. The average Bonchev–Trinajstić information content (AvgIpc) is 3.17. The van der Waals surface area contributed by atoms with Crippen LogP contribution in [-0.2, 0) is 28.0 Å². The van der Waals surface area contributed by atoms with Crippen LogP contribution in [0, 0.1) is 5.82 Å². The topological polar surface area (TPSA) is 74.6 Å². The van der Waals surface area contributed by atoms with E-state index in [0.29, 0.717) is 45.5 Å². The third-order valence-corrected chi connectivity index (χ3v) is 6.33. The second-order valence-corrected chi connectivity index (χ2v) is 9.03. The van der Waals surface area contributed by atoms with E-state index in [1.54, 1.807) is 12.1 Å². The van der Waals surface area contributed by atoms with Crippen LogP contribution in [0.2, 0.25) is 15.1 Å². The van der Waals surface area contributed by atoms with E-state index in [9.17, 15) is 19.1 Å². The van der Waals surface area contributed by atoms with Crippen molar-refractivity contribution in [2.75, 3.05) is 0 Å². The van der Waals surface area contributed by atoms with Crippen LogP contribution in [-0.4, -0.2) is 21.4 Å². The van der Waals surface area contributed by atoms with Gasteiger partial charge >= 0.3 is 5.97 Å². The molecule has 4 nitrogen and oxygen atoms in total. The van der Waals surface area contributed by atoms with Gasteiger partial charge in [0.1, 0.15) is 11.4 Å². The highest BCUT2D eigenvalue weighted by Crippen LogP contribution is 2.43. The summed E-state index contributed by atoms with van der Waals surface area (Å²) in [6.07, 6.45) is 3.35. The van der Waals surface area contributed by atoms with Gasteiger partial charge in [0.05, 0.1) is 6.42 Å². The number of aliphatic hydroxyl groups is 1. The number of carbonyl (C=O) groups excluding carboxylic acids is 1. The summed E-state index contributed by atoms with van der Waals surface area (Å²) in [4.78, 5) is 21.5. The van der Waals surface area contributed by atoms with Crippen molar-refractivity contribution in [1.82, 2.24) is 0 Å².